The Morgan fingerprint density at radius 3 is 2.70 bits per heavy atom. The molecule has 1 aliphatic rings. The molecule has 0 aromatic carbocycles. The fraction of sp³-hybridized carbons (Fsp3) is 0.714. The van der Waals surface area contributed by atoms with E-state index in [1.54, 1.807) is 16.6 Å². The molecule has 1 aromatic heterocycles. The van der Waals surface area contributed by atoms with E-state index in [0.717, 1.165) is 5.69 Å². The van der Waals surface area contributed by atoms with Gasteiger partial charge in [-0.3, -0.25) is 0 Å². The maximum absolute atomic E-state index is 12.5. The van der Waals surface area contributed by atoms with Crippen LogP contribution in [0.1, 0.15) is 39.3 Å². The molecule has 1 aromatic rings. The number of sulfonamides is 1. The Morgan fingerprint density at radius 2 is 2.15 bits per heavy atom. The molecular weight excluding hydrogens is 274 g/mol. The number of hydrogen-bond donors (Lipinski definition) is 2. The molecule has 0 amide bonds. The highest BCUT2D eigenvalue weighted by molar-refractivity contribution is 7.89. The first-order valence-corrected chi connectivity index (χ1v) is 8.78. The molecule has 6 heteroatoms. The summed E-state index contributed by atoms with van der Waals surface area (Å²) in [7, 11) is -3.37. The molecule has 0 aliphatic heterocycles. The van der Waals surface area contributed by atoms with Crippen LogP contribution in [0.3, 0.4) is 0 Å². The molecular formula is C14H25N3O2S. The normalized spacial score (nSPS) is 16.2. The summed E-state index contributed by atoms with van der Waals surface area (Å²) in [5.74, 6) is 0.319. The number of aromatic amines is 1. The second kappa shape index (κ2) is 6.28. The van der Waals surface area contributed by atoms with Crippen LogP contribution in [0.25, 0.3) is 0 Å². The van der Waals surface area contributed by atoms with Crippen LogP contribution >= 0.6 is 0 Å². The predicted octanol–water partition coefficient (Wildman–Crippen LogP) is 1.93. The van der Waals surface area contributed by atoms with Crippen molar-refractivity contribution in [3.05, 3.63) is 18.0 Å². The van der Waals surface area contributed by atoms with Gasteiger partial charge in [-0.2, -0.15) is 4.31 Å². The molecule has 0 bridgehead atoms. The summed E-state index contributed by atoms with van der Waals surface area (Å²) in [5.41, 5.74) is 0.927. The third-order valence-corrected chi connectivity index (χ3v) is 5.35. The van der Waals surface area contributed by atoms with Gasteiger partial charge in [-0.05, 0) is 24.8 Å². The van der Waals surface area contributed by atoms with Crippen molar-refractivity contribution in [1.82, 2.24) is 14.6 Å². The van der Waals surface area contributed by atoms with Crippen molar-refractivity contribution in [2.75, 3.05) is 13.1 Å². The Hall–Kier alpha value is -0.850. The Balaban J connectivity index is 2.07. The lowest BCUT2D eigenvalue weighted by atomic mass is 10.2. The fourth-order valence-electron chi connectivity index (χ4n) is 2.17. The van der Waals surface area contributed by atoms with E-state index in [-0.39, 0.29) is 0 Å². The third kappa shape index (κ3) is 3.84. The van der Waals surface area contributed by atoms with E-state index in [1.807, 2.05) is 20.8 Å². The molecule has 1 heterocycles. The van der Waals surface area contributed by atoms with Crippen LogP contribution in [0.4, 0.5) is 0 Å². The number of H-pyrrole nitrogens is 1. The smallest absolute Gasteiger partial charge is 0.244 e. The quantitative estimate of drug-likeness (QED) is 0.771. The van der Waals surface area contributed by atoms with E-state index < -0.39 is 10.0 Å². The second-order valence-electron chi connectivity index (χ2n) is 5.87. The summed E-state index contributed by atoms with van der Waals surface area (Å²) in [4.78, 5) is 3.43. The number of nitrogens with one attached hydrogen (secondary N) is 2. The zero-order chi connectivity index (χ0) is 14.8. The lowest BCUT2D eigenvalue weighted by Crippen LogP contribution is -2.33. The third-order valence-electron chi connectivity index (χ3n) is 3.43. The van der Waals surface area contributed by atoms with E-state index in [0.29, 0.717) is 36.5 Å². The maximum Gasteiger partial charge on any atom is 0.244 e. The zero-order valence-corrected chi connectivity index (χ0v) is 13.3. The molecule has 0 unspecified atom stereocenters. The SMILES string of the molecule is CCN(CC(C)C)S(=O)(=O)c1c[nH]c(CNC2CC2)c1. The first-order valence-electron chi connectivity index (χ1n) is 7.34. The van der Waals surface area contributed by atoms with Gasteiger partial charge in [0.15, 0.2) is 0 Å². The van der Waals surface area contributed by atoms with Gasteiger partial charge in [0.1, 0.15) is 0 Å². The van der Waals surface area contributed by atoms with Crippen LogP contribution in [0.5, 0.6) is 0 Å². The molecule has 20 heavy (non-hydrogen) atoms. The minimum Gasteiger partial charge on any atom is -0.363 e. The van der Waals surface area contributed by atoms with Crippen molar-refractivity contribution >= 4 is 10.0 Å². The van der Waals surface area contributed by atoms with E-state index in [9.17, 15) is 8.42 Å². The van der Waals surface area contributed by atoms with Crippen molar-refractivity contribution in [2.45, 2.75) is 51.1 Å². The number of rotatable bonds is 8. The summed E-state index contributed by atoms with van der Waals surface area (Å²) >= 11 is 0. The number of aromatic nitrogens is 1. The Bertz CT molecular complexity index is 532. The minimum absolute atomic E-state index is 0.319. The van der Waals surface area contributed by atoms with Crippen molar-refractivity contribution in [3.63, 3.8) is 0 Å². The average Bonchev–Trinajstić information content (AvgIpc) is 3.09. The van der Waals surface area contributed by atoms with Crippen LogP contribution in [-0.4, -0.2) is 36.8 Å². The monoisotopic (exact) mass is 299 g/mol. The van der Waals surface area contributed by atoms with Gasteiger partial charge in [0, 0.05) is 37.6 Å². The number of nitrogens with zero attached hydrogens (tertiary/aromatic N) is 1. The van der Waals surface area contributed by atoms with Crippen LogP contribution in [0.2, 0.25) is 0 Å². The molecule has 0 spiro atoms. The molecule has 0 atom stereocenters. The lowest BCUT2D eigenvalue weighted by Gasteiger charge is -2.21. The Labute approximate surface area is 121 Å². The van der Waals surface area contributed by atoms with Gasteiger partial charge < -0.3 is 10.3 Å². The second-order valence-corrected chi connectivity index (χ2v) is 7.80. The minimum atomic E-state index is -3.37. The number of hydrogen-bond acceptors (Lipinski definition) is 3. The van der Waals surface area contributed by atoms with Crippen molar-refractivity contribution < 1.29 is 8.42 Å². The standard InChI is InChI=1S/C14H25N3O2S/c1-4-17(10-11(2)3)20(18,19)14-7-13(16-9-14)8-15-12-5-6-12/h7,9,11-12,15-16H,4-6,8,10H2,1-3H3. The van der Waals surface area contributed by atoms with E-state index >= 15 is 0 Å². The molecule has 0 saturated heterocycles. The predicted molar refractivity (Wildman–Crippen MR) is 79.9 cm³/mol. The van der Waals surface area contributed by atoms with Crippen LogP contribution in [0.15, 0.2) is 17.2 Å². The van der Waals surface area contributed by atoms with Crippen LogP contribution < -0.4 is 5.32 Å². The van der Waals surface area contributed by atoms with Crippen molar-refractivity contribution in [3.8, 4) is 0 Å². The van der Waals surface area contributed by atoms with E-state index in [2.05, 4.69) is 10.3 Å². The topological polar surface area (TPSA) is 65.2 Å². The Kier molecular flexibility index (Phi) is 4.88. The Morgan fingerprint density at radius 1 is 1.45 bits per heavy atom. The molecule has 1 aliphatic carbocycles. The van der Waals surface area contributed by atoms with Gasteiger partial charge in [0.25, 0.3) is 0 Å². The van der Waals surface area contributed by atoms with Gasteiger partial charge >= 0.3 is 0 Å². The highest BCUT2D eigenvalue weighted by Gasteiger charge is 2.25. The molecule has 2 N–H and O–H groups in total. The van der Waals surface area contributed by atoms with Crippen LogP contribution in [-0.2, 0) is 16.6 Å². The summed E-state index contributed by atoms with van der Waals surface area (Å²) in [6.45, 7) is 7.69. The summed E-state index contributed by atoms with van der Waals surface area (Å²) in [5, 5.41) is 3.37. The molecule has 0 radical (unpaired) electrons. The van der Waals surface area contributed by atoms with Gasteiger partial charge in [-0.25, -0.2) is 8.42 Å². The van der Waals surface area contributed by atoms with Gasteiger partial charge in [-0.1, -0.05) is 20.8 Å². The first-order chi connectivity index (χ1) is 9.43. The van der Waals surface area contributed by atoms with Crippen molar-refractivity contribution in [1.29, 1.82) is 0 Å². The van der Waals surface area contributed by atoms with Crippen molar-refractivity contribution in [2.24, 2.45) is 5.92 Å². The maximum atomic E-state index is 12.5. The summed E-state index contributed by atoms with van der Waals surface area (Å²) in [6.07, 6.45) is 4.05. The molecule has 114 valence electrons. The highest BCUT2D eigenvalue weighted by Crippen LogP contribution is 2.21. The average molecular weight is 299 g/mol. The summed E-state index contributed by atoms with van der Waals surface area (Å²) < 4.78 is 26.6. The van der Waals surface area contributed by atoms with Crippen LogP contribution in [0, 0.1) is 5.92 Å². The molecule has 2 rings (SSSR count). The van der Waals surface area contributed by atoms with Gasteiger partial charge in [0.2, 0.25) is 10.0 Å². The lowest BCUT2D eigenvalue weighted by molar-refractivity contribution is 0.381. The van der Waals surface area contributed by atoms with E-state index in [1.165, 1.54) is 12.8 Å². The molecule has 1 saturated carbocycles. The molecule has 1 fully saturated rings. The van der Waals surface area contributed by atoms with E-state index in [4.69, 9.17) is 0 Å². The zero-order valence-electron chi connectivity index (χ0n) is 12.5. The fourth-order valence-corrected chi connectivity index (χ4v) is 3.80. The summed E-state index contributed by atoms with van der Waals surface area (Å²) in [6, 6.07) is 2.36. The highest BCUT2D eigenvalue weighted by atomic mass is 32.2. The largest absolute Gasteiger partial charge is 0.363 e. The van der Waals surface area contributed by atoms with Gasteiger partial charge in [0.05, 0.1) is 4.90 Å². The first kappa shape index (κ1) is 15.5. The van der Waals surface area contributed by atoms with Gasteiger partial charge in [-0.15, -0.1) is 0 Å². The molecule has 5 nitrogen and oxygen atoms in total.